The van der Waals surface area contributed by atoms with E-state index in [0.29, 0.717) is 0 Å². The maximum absolute atomic E-state index is 12.8. The Morgan fingerprint density at radius 3 is 1.83 bits per heavy atom. The van der Waals surface area contributed by atoms with Crippen molar-refractivity contribution in [2.45, 2.75) is 31.2 Å². The number of hydrogen-bond acceptors (Lipinski definition) is 2. The summed E-state index contributed by atoms with van der Waals surface area (Å²) in [6.45, 7) is 0. The largest absolute Gasteiger partial charge is 0.480 e. The van der Waals surface area contributed by atoms with Gasteiger partial charge in [0.25, 0.3) is 0 Å². The number of rotatable bonds is 6. The van der Waals surface area contributed by atoms with Crippen molar-refractivity contribution < 1.29 is 41.0 Å². The molecule has 0 spiro atoms. The fourth-order valence-corrected chi connectivity index (χ4v) is 2.60. The van der Waals surface area contributed by atoms with Crippen molar-refractivity contribution in [1.29, 1.82) is 0 Å². The van der Waals surface area contributed by atoms with Crippen LogP contribution in [0.4, 0.5) is 26.3 Å². The fourth-order valence-electron chi connectivity index (χ4n) is 2.60. The second-order valence-corrected chi connectivity index (χ2v) is 6.24. The van der Waals surface area contributed by atoms with Gasteiger partial charge < -0.3 is 10.4 Å². The molecule has 0 heterocycles. The third-order valence-corrected chi connectivity index (χ3v) is 3.95. The lowest BCUT2D eigenvalue weighted by molar-refractivity contribution is -0.141. The first kappa shape index (κ1) is 22.3. The van der Waals surface area contributed by atoms with Crippen molar-refractivity contribution in [3.8, 4) is 0 Å². The fraction of sp³-hybridized carbons (Fsp3) is 0.263. The van der Waals surface area contributed by atoms with Gasteiger partial charge in [-0.25, -0.2) is 4.79 Å². The minimum Gasteiger partial charge on any atom is -0.480 e. The summed E-state index contributed by atoms with van der Waals surface area (Å²) in [4.78, 5) is 23.4. The third kappa shape index (κ3) is 6.51. The molecule has 10 heteroatoms. The highest BCUT2D eigenvalue weighted by Gasteiger charge is 2.32. The molecule has 0 bridgehead atoms. The van der Waals surface area contributed by atoms with Gasteiger partial charge in [0.1, 0.15) is 6.04 Å². The summed E-state index contributed by atoms with van der Waals surface area (Å²) in [5.74, 6) is -2.36. The monoisotopic (exact) mass is 419 g/mol. The number of carboxylic acid groups (broad SMARTS) is 1. The first-order chi connectivity index (χ1) is 13.4. The molecule has 4 nitrogen and oxygen atoms in total. The number of carbonyl (C=O) groups excluding carboxylic acids is 1. The average molecular weight is 419 g/mol. The van der Waals surface area contributed by atoms with Gasteiger partial charge in [-0.2, -0.15) is 26.3 Å². The highest BCUT2D eigenvalue weighted by atomic mass is 19.4. The predicted molar refractivity (Wildman–Crippen MR) is 89.9 cm³/mol. The van der Waals surface area contributed by atoms with Crippen LogP contribution < -0.4 is 5.32 Å². The molecule has 0 fully saturated rings. The molecule has 2 rings (SSSR count). The molecule has 0 aliphatic carbocycles. The van der Waals surface area contributed by atoms with E-state index in [1.165, 1.54) is 12.1 Å². The molecule has 2 N–H and O–H groups in total. The molecule has 0 aliphatic rings. The molecule has 29 heavy (non-hydrogen) atoms. The van der Waals surface area contributed by atoms with Gasteiger partial charge in [-0.05, 0) is 23.3 Å². The van der Waals surface area contributed by atoms with Crippen LogP contribution >= 0.6 is 0 Å². The van der Waals surface area contributed by atoms with Crippen LogP contribution in [0.3, 0.4) is 0 Å². The van der Waals surface area contributed by atoms with Crippen molar-refractivity contribution in [3.63, 3.8) is 0 Å². The Balaban J connectivity index is 2.09. The molecule has 156 valence electrons. The Morgan fingerprint density at radius 2 is 1.34 bits per heavy atom. The summed E-state index contributed by atoms with van der Waals surface area (Å²) in [6, 6.07) is 6.43. The molecule has 2 aromatic rings. The Kier molecular flexibility index (Phi) is 6.55. The number of nitrogens with one attached hydrogen (secondary N) is 1. The van der Waals surface area contributed by atoms with Gasteiger partial charge in [-0.1, -0.05) is 36.4 Å². The highest BCUT2D eigenvalue weighted by Crippen LogP contribution is 2.30. The molecule has 1 amide bonds. The number of carboxylic acids is 1. The van der Waals surface area contributed by atoms with Crippen LogP contribution in [-0.2, 0) is 34.8 Å². The van der Waals surface area contributed by atoms with Crippen LogP contribution in [0.25, 0.3) is 0 Å². The minimum atomic E-state index is -4.61. The number of hydrogen-bond donors (Lipinski definition) is 2. The normalized spacial score (nSPS) is 13.0. The first-order valence-corrected chi connectivity index (χ1v) is 8.20. The molecular weight excluding hydrogens is 404 g/mol. The van der Waals surface area contributed by atoms with Gasteiger partial charge in [0.2, 0.25) is 5.91 Å². The van der Waals surface area contributed by atoms with Gasteiger partial charge in [0, 0.05) is 6.42 Å². The van der Waals surface area contributed by atoms with Crippen molar-refractivity contribution in [1.82, 2.24) is 5.32 Å². The van der Waals surface area contributed by atoms with E-state index in [1.54, 1.807) is 0 Å². The third-order valence-electron chi connectivity index (χ3n) is 3.95. The van der Waals surface area contributed by atoms with Crippen molar-refractivity contribution in [3.05, 3.63) is 70.8 Å². The van der Waals surface area contributed by atoms with E-state index in [2.05, 4.69) is 5.32 Å². The van der Waals surface area contributed by atoms with Crippen LogP contribution in [0.5, 0.6) is 0 Å². The van der Waals surface area contributed by atoms with E-state index in [0.717, 1.165) is 36.4 Å². The Hall–Kier alpha value is -3.04. The molecule has 0 aliphatic heterocycles. The number of alkyl halides is 6. The SMILES string of the molecule is O=C(Cc1cccc(C(F)(F)F)c1)N[C@H](Cc1cccc(C(F)(F)F)c1)C(=O)O. The highest BCUT2D eigenvalue weighted by molar-refractivity contribution is 5.85. The van der Waals surface area contributed by atoms with Crippen LogP contribution in [0, 0.1) is 0 Å². The van der Waals surface area contributed by atoms with Gasteiger partial charge in [-0.15, -0.1) is 0 Å². The van der Waals surface area contributed by atoms with E-state index < -0.39 is 54.2 Å². The zero-order valence-electron chi connectivity index (χ0n) is 14.6. The number of aliphatic carboxylic acids is 1. The van der Waals surface area contributed by atoms with Crippen molar-refractivity contribution >= 4 is 11.9 Å². The molecule has 2 aromatic carbocycles. The van der Waals surface area contributed by atoms with Gasteiger partial charge >= 0.3 is 18.3 Å². The van der Waals surface area contributed by atoms with Crippen molar-refractivity contribution in [2.75, 3.05) is 0 Å². The maximum Gasteiger partial charge on any atom is 0.416 e. The summed E-state index contributed by atoms with van der Waals surface area (Å²) in [6.07, 6.45) is -10.1. The van der Waals surface area contributed by atoms with E-state index in [9.17, 15) is 41.0 Å². The second kappa shape index (κ2) is 8.54. The summed E-state index contributed by atoms with van der Waals surface area (Å²) < 4.78 is 76.5. The summed E-state index contributed by atoms with van der Waals surface area (Å²) in [5.41, 5.74) is -1.87. The Bertz CT molecular complexity index is 892. The van der Waals surface area contributed by atoms with E-state index >= 15 is 0 Å². The molecule has 0 saturated heterocycles. The zero-order chi connectivity index (χ0) is 21.8. The predicted octanol–water partition coefficient (Wildman–Crippen LogP) is 4.08. The number of amides is 1. The lowest BCUT2D eigenvalue weighted by Crippen LogP contribution is -2.43. The Morgan fingerprint density at radius 1 is 0.862 bits per heavy atom. The summed E-state index contributed by atoms with van der Waals surface area (Å²) in [7, 11) is 0. The van der Waals surface area contributed by atoms with Crippen LogP contribution in [0.2, 0.25) is 0 Å². The molecule has 0 aromatic heterocycles. The smallest absolute Gasteiger partial charge is 0.416 e. The van der Waals surface area contributed by atoms with E-state index in [4.69, 9.17) is 0 Å². The first-order valence-electron chi connectivity index (χ1n) is 8.20. The number of benzene rings is 2. The number of halogens is 6. The molecule has 0 saturated carbocycles. The lowest BCUT2D eigenvalue weighted by Gasteiger charge is -2.16. The quantitative estimate of drug-likeness (QED) is 0.694. The summed E-state index contributed by atoms with van der Waals surface area (Å²) >= 11 is 0. The second-order valence-electron chi connectivity index (χ2n) is 6.24. The van der Waals surface area contributed by atoms with Crippen LogP contribution in [0.1, 0.15) is 22.3 Å². The molecule has 1 atom stereocenters. The molecule has 0 unspecified atom stereocenters. The van der Waals surface area contributed by atoms with E-state index in [1.807, 2.05) is 0 Å². The van der Waals surface area contributed by atoms with Gasteiger partial charge in [-0.3, -0.25) is 4.79 Å². The van der Waals surface area contributed by atoms with Crippen molar-refractivity contribution in [2.24, 2.45) is 0 Å². The maximum atomic E-state index is 12.8. The van der Waals surface area contributed by atoms with Crippen LogP contribution in [0.15, 0.2) is 48.5 Å². The number of carbonyl (C=O) groups is 2. The van der Waals surface area contributed by atoms with E-state index in [-0.39, 0.29) is 11.1 Å². The minimum absolute atomic E-state index is 0.0144. The lowest BCUT2D eigenvalue weighted by atomic mass is 10.0. The molecule has 0 radical (unpaired) electrons. The van der Waals surface area contributed by atoms with Gasteiger partial charge in [0.15, 0.2) is 0 Å². The topological polar surface area (TPSA) is 66.4 Å². The molecular formula is C19H15F6NO3. The van der Waals surface area contributed by atoms with Crippen LogP contribution in [-0.4, -0.2) is 23.0 Å². The average Bonchev–Trinajstić information content (AvgIpc) is 2.60. The van der Waals surface area contributed by atoms with Gasteiger partial charge in [0.05, 0.1) is 17.5 Å². The summed E-state index contributed by atoms with van der Waals surface area (Å²) in [5, 5.41) is 11.4. The standard InChI is InChI=1S/C19H15F6NO3/c20-18(21,22)13-5-1-3-11(7-13)9-15(17(28)29)26-16(27)10-12-4-2-6-14(8-12)19(23,24)25/h1-8,15H,9-10H2,(H,26,27)(H,28,29)/t15-/m1/s1. The zero-order valence-corrected chi connectivity index (χ0v) is 14.6. The Labute approximate surface area is 161 Å².